The summed E-state index contributed by atoms with van der Waals surface area (Å²) in [5, 5.41) is 8.96. The van der Waals surface area contributed by atoms with E-state index in [0.29, 0.717) is 0 Å². The molecule has 5 heteroatoms. The number of aromatic nitrogens is 3. The summed E-state index contributed by atoms with van der Waals surface area (Å²) in [6.07, 6.45) is 8.40. The first-order valence-electron chi connectivity index (χ1n) is 8.70. The van der Waals surface area contributed by atoms with E-state index in [-0.39, 0.29) is 6.04 Å². The Bertz CT molecular complexity index is 533. The maximum Gasteiger partial charge on any atom is 0.105 e. The Labute approximate surface area is 132 Å². The molecule has 0 radical (unpaired) electrons. The van der Waals surface area contributed by atoms with Gasteiger partial charge in [0.15, 0.2) is 0 Å². The normalized spacial score (nSPS) is 25.2. The molecule has 0 unspecified atom stereocenters. The molecule has 5 nitrogen and oxygen atoms in total. The number of nitrogens with zero attached hydrogens (tertiary/aromatic N) is 4. The molecule has 1 aromatic rings. The first-order valence-corrected chi connectivity index (χ1v) is 8.70. The zero-order chi connectivity index (χ0) is 14.9. The molecule has 3 aliphatic rings. The van der Waals surface area contributed by atoms with Crippen LogP contribution in [0.4, 0.5) is 0 Å². The van der Waals surface area contributed by atoms with Crippen molar-refractivity contribution in [1.82, 2.24) is 19.9 Å². The van der Waals surface area contributed by atoms with Gasteiger partial charge >= 0.3 is 0 Å². The van der Waals surface area contributed by atoms with Gasteiger partial charge in [0.1, 0.15) is 5.69 Å². The summed E-state index contributed by atoms with van der Waals surface area (Å²) < 4.78 is 8.14. The van der Waals surface area contributed by atoms with Crippen LogP contribution in [-0.2, 0) is 17.7 Å². The van der Waals surface area contributed by atoms with Crippen LogP contribution in [0.15, 0.2) is 12.7 Å². The molecule has 0 amide bonds. The minimum Gasteiger partial charge on any atom is -0.379 e. The van der Waals surface area contributed by atoms with E-state index >= 15 is 0 Å². The molecule has 0 aromatic carbocycles. The average molecular weight is 302 g/mol. The van der Waals surface area contributed by atoms with Crippen LogP contribution in [0.2, 0.25) is 0 Å². The monoisotopic (exact) mass is 302 g/mol. The molecule has 4 rings (SSSR count). The third-order valence-electron chi connectivity index (χ3n) is 5.08. The van der Waals surface area contributed by atoms with Crippen molar-refractivity contribution < 1.29 is 4.74 Å². The van der Waals surface area contributed by atoms with E-state index in [1.165, 1.54) is 31.4 Å². The van der Waals surface area contributed by atoms with Gasteiger partial charge in [-0.25, -0.2) is 4.68 Å². The average Bonchev–Trinajstić information content (AvgIpc) is 3.42. The topological polar surface area (TPSA) is 43.2 Å². The van der Waals surface area contributed by atoms with Crippen molar-refractivity contribution in [2.45, 2.75) is 44.7 Å². The SMILES string of the molecule is C=CCN1CCc2c(nnn2CC2CC2)[C@@H]1COCC1CC1. The van der Waals surface area contributed by atoms with Gasteiger partial charge in [-0.3, -0.25) is 4.90 Å². The van der Waals surface area contributed by atoms with Crippen molar-refractivity contribution in [2.75, 3.05) is 26.3 Å². The van der Waals surface area contributed by atoms with E-state index < -0.39 is 0 Å². The Morgan fingerprint density at radius 1 is 1.18 bits per heavy atom. The van der Waals surface area contributed by atoms with Crippen molar-refractivity contribution in [2.24, 2.45) is 11.8 Å². The molecule has 0 bridgehead atoms. The van der Waals surface area contributed by atoms with E-state index in [1.807, 2.05) is 6.08 Å². The molecule has 0 saturated heterocycles. The molecule has 22 heavy (non-hydrogen) atoms. The van der Waals surface area contributed by atoms with Gasteiger partial charge in [0.25, 0.3) is 0 Å². The standard InChI is InChI=1S/C17H26N4O/c1-2-8-20-9-7-15-17(16(20)12-22-11-14-5-6-14)18-19-21(15)10-13-3-4-13/h2,13-14,16H,1,3-12H2/t16-/m0/s1. The van der Waals surface area contributed by atoms with Crippen molar-refractivity contribution >= 4 is 0 Å². The molecular formula is C17H26N4O. The van der Waals surface area contributed by atoms with Gasteiger partial charge in [-0.15, -0.1) is 11.7 Å². The maximum atomic E-state index is 5.98. The summed E-state index contributed by atoms with van der Waals surface area (Å²) in [5.41, 5.74) is 2.48. The van der Waals surface area contributed by atoms with Crippen LogP contribution in [0.1, 0.15) is 43.1 Å². The van der Waals surface area contributed by atoms with E-state index in [9.17, 15) is 0 Å². The number of fused-ring (bicyclic) bond motifs is 1. The molecule has 2 saturated carbocycles. The Balaban J connectivity index is 1.48. The van der Waals surface area contributed by atoms with Crippen LogP contribution in [0.25, 0.3) is 0 Å². The fourth-order valence-corrected chi connectivity index (χ4v) is 3.33. The smallest absolute Gasteiger partial charge is 0.105 e. The molecule has 2 heterocycles. The van der Waals surface area contributed by atoms with Crippen LogP contribution in [0.3, 0.4) is 0 Å². The second-order valence-corrected chi connectivity index (χ2v) is 7.08. The number of hydrogen-bond donors (Lipinski definition) is 0. The Hall–Kier alpha value is -1.20. The van der Waals surface area contributed by atoms with Crippen LogP contribution < -0.4 is 0 Å². The Morgan fingerprint density at radius 2 is 2.00 bits per heavy atom. The predicted molar refractivity (Wildman–Crippen MR) is 84.5 cm³/mol. The molecule has 1 atom stereocenters. The zero-order valence-corrected chi connectivity index (χ0v) is 13.3. The molecule has 120 valence electrons. The van der Waals surface area contributed by atoms with Gasteiger partial charge in [0.2, 0.25) is 0 Å². The lowest BCUT2D eigenvalue weighted by molar-refractivity contribution is 0.0512. The lowest BCUT2D eigenvalue weighted by Gasteiger charge is -2.33. The Kier molecular flexibility index (Phi) is 4.01. The van der Waals surface area contributed by atoms with E-state index in [1.54, 1.807) is 0 Å². The number of ether oxygens (including phenoxy) is 1. The third-order valence-corrected chi connectivity index (χ3v) is 5.08. The zero-order valence-electron chi connectivity index (χ0n) is 13.3. The number of hydrogen-bond acceptors (Lipinski definition) is 4. The van der Waals surface area contributed by atoms with Gasteiger partial charge in [0, 0.05) is 32.7 Å². The fourth-order valence-electron chi connectivity index (χ4n) is 3.33. The van der Waals surface area contributed by atoms with Crippen LogP contribution in [-0.4, -0.2) is 46.2 Å². The minimum atomic E-state index is 0.244. The maximum absolute atomic E-state index is 5.98. The highest BCUT2D eigenvalue weighted by Crippen LogP contribution is 2.34. The highest BCUT2D eigenvalue weighted by Gasteiger charge is 2.33. The van der Waals surface area contributed by atoms with Gasteiger partial charge in [-0.05, 0) is 37.5 Å². The van der Waals surface area contributed by atoms with Crippen molar-refractivity contribution in [3.05, 3.63) is 24.0 Å². The van der Waals surface area contributed by atoms with Crippen LogP contribution in [0.5, 0.6) is 0 Å². The summed E-state index contributed by atoms with van der Waals surface area (Å²) in [5.74, 6) is 1.64. The van der Waals surface area contributed by atoms with Gasteiger partial charge < -0.3 is 4.74 Å². The third kappa shape index (κ3) is 3.10. The minimum absolute atomic E-state index is 0.244. The molecule has 0 N–H and O–H groups in total. The summed E-state index contributed by atoms with van der Waals surface area (Å²) >= 11 is 0. The van der Waals surface area contributed by atoms with Gasteiger partial charge in [-0.1, -0.05) is 11.3 Å². The first kappa shape index (κ1) is 14.4. The fraction of sp³-hybridized carbons (Fsp3) is 0.765. The second-order valence-electron chi connectivity index (χ2n) is 7.08. The van der Waals surface area contributed by atoms with Gasteiger partial charge in [0.05, 0.1) is 18.3 Å². The molecule has 2 aliphatic carbocycles. The van der Waals surface area contributed by atoms with Crippen molar-refractivity contribution in [3.63, 3.8) is 0 Å². The Morgan fingerprint density at radius 3 is 2.73 bits per heavy atom. The van der Waals surface area contributed by atoms with Gasteiger partial charge in [-0.2, -0.15) is 0 Å². The summed E-state index contributed by atoms with van der Waals surface area (Å²) in [6.45, 7) is 8.54. The first-order chi connectivity index (χ1) is 10.8. The van der Waals surface area contributed by atoms with E-state index in [2.05, 4.69) is 26.5 Å². The molecule has 1 aromatic heterocycles. The van der Waals surface area contributed by atoms with Crippen LogP contribution in [0, 0.1) is 11.8 Å². The highest BCUT2D eigenvalue weighted by molar-refractivity contribution is 5.19. The van der Waals surface area contributed by atoms with Crippen molar-refractivity contribution in [3.8, 4) is 0 Å². The van der Waals surface area contributed by atoms with E-state index in [4.69, 9.17) is 4.74 Å². The number of rotatable bonds is 8. The summed E-state index contributed by atoms with van der Waals surface area (Å²) in [4.78, 5) is 2.43. The van der Waals surface area contributed by atoms with Crippen molar-refractivity contribution in [1.29, 1.82) is 0 Å². The van der Waals surface area contributed by atoms with Crippen LogP contribution >= 0.6 is 0 Å². The summed E-state index contributed by atoms with van der Waals surface area (Å²) in [6, 6.07) is 0.244. The molecule has 2 fully saturated rings. The predicted octanol–water partition coefficient (Wildman–Crippen LogP) is 2.20. The largest absolute Gasteiger partial charge is 0.379 e. The van der Waals surface area contributed by atoms with E-state index in [0.717, 1.165) is 56.8 Å². The highest BCUT2D eigenvalue weighted by atomic mass is 16.5. The lowest BCUT2D eigenvalue weighted by atomic mass is 10.0. The quantitative estimate of drug-likeness (QED) is 0.691. The summed E-state index contributed by atoms with van der Waals surface area (Å²) in [7, 11) is 0. The molecule has 0 spiro atoms. The molecular weight excluding hydrogens is 276 g/mol. The lowest BCUT2D eigenvalue weighted by Crippen LogP contribution is -2.38. The second kappa shape index (κ2) is 6.13. The molecule has 1 aliphatic heterocycles.